The van der Waals surface area contributed by atoms with E-state index in [9.17, 15) is 14.4 Å². The fourth-order valence-electron chi connectivity index (χ4n) is 4.59. The predicted octanol–water partition coefficient (Wildman–Crippen LogP) is 2.30. The van der Waals surface area contributed by atoms with E-state index in [1.165, 1.54) is 4.57 Å². The molecular formula is C26H27N5O4. The SMILES string of the molecule is C[C@H]1CN(Cc2ccccc2)c2nc3c(c(=O)n(CC(=O)OCc4ccccc4)c(=O)n3C)n2C1. The summed E-state index contributed by atoms with van der Waals surface area (Å²) in [5, 5.41) is 0. The highest BCUT2D eigenvalue weighted by molar-refractivity contribution is 5.76. The molecular weight excluding hydrogens is 446 g/mol. The van der Waals surface area contributed by atoms with Crippen molar-refractivity contribution in [3.8, 4) is 0 Å². The van der Waals surface area contributed by atoms with Crippen LogP contribution in [0.2, 0.25) is 0 Å². The number of fused-ring (bicyclic) bond motifs is 3. The lowest BCUT2D eigenvalue weighted by Gasteiger charge is -2.33. The fourth-order valence-corrected chi connectivity index (χ4v) is 4.59. The number of benzene rings is 2. The Morgan fingerprint density at radius 1 is 1.00 bits per heavy atom. The van der Waals surface area contributed by atoms with Crippen LogP contribution in [0, 0.1) is 5.92 Å². The molecule has 0 spiro atoms. The van der Waals surface area contributed by atoms with Gasteiger partial charge in [0, 0.05) is 26.7 Å². The van der Waals surface area contributed by atoms with Gasteiger partial charge >= 0.3 is 11.7 Å². The highest BCUT2D eigenvalue weighted by Gasteiger charge is 2.29. The third-order valence-corrected chi connectivity index (χ3v) is 6.27. The van der Waals surface area contributed by atoms with Crippen molar-refractivity contribution in [3.05, 3.63) is 92.6 Å². The lowest BCUT2D eigenvalue weighted by Crippen LogP contribution is -2.42. The van der Waals surface area contributed by atoms with E-state index >= 15 is 0 Å². The summed E-state index contributed by atoms with van der Waals surface area (Å²) in [6, 6.07) is 19.3. The van der Waals surface area contributed by atoms with Crippen molar-refractivity contribution in [2.45, 2.75) is 33.2 Å². The van der Waals surface area contributed by atoms with Crippen molar-refractivity contribution in [2.24, 2.45) is 13.0 Å². The lowest BCUT2D eigenvalue weighted by atomic mass is 10.1. The van der Waals surface area contributed by atoms with E-state index in [4.69, 9.17) is 9.72 Å². The number of hydrogen-bond donors (Lipinski definition) is 0. The molecule has 0 amide bonds. The van der Waals surface area contributed by atoms with Crippen molar-refractivity contribution in [2.75, 3.05) is 11.4 Å². The molecule has 2 aromatic carbocycles. The summed E-state index contributed by atoms with van der Waals surface area (Å²) in [6.45, 7) is 3.76. The highest BCUT2D eigenvalue weighted by Crippen LogP contribution is 2.28. The summed E-state index contributed by atoms with van der Waals surface area (Å²) in [7, 11) is 1.57. The van der Waals surface area contributed by atoms with Gasteiger partial charge < -0.3 is 14.2 Å². The zero-order valence-electron chi connectivity index (χ0n) is 19.8. The van der Waals surface area contributed by atoms with Crippen LogP contribution < -0.4 is 16.1 Å². The van der Waals surface area contributed by atoms with Crippen LogP contribution in [0.3, 0.4) is 0 Å². The van der Waals surface area contributed by atoms with Gasteiger partial charge in [-0.05, 0) is 17.0 Å². The molecule has 0 bridgehead atoms. The van der Waals surface area contributed by atoms with Gasteiger partial charge in [-0.1, -0.05) is 67.6 Å². The molecule has 9 heteroatoms. The largest absolute Gasteiger partial charge is 0.459 e. The maximum atomic E-state index is 13.5. The monoisotopic (exact) mass is 473 g/mol. The summed E-state index contributed by atoms with van der Waals surface area (Å²) in [6.07, 6.45) is 0. The van der Waals surface area contributed by atoms with E-state index in [1.54, 1.807) is 7.05 Å². The van der Waals surface area contributed by atoms with Crippen molar-refractivity contribution in [3.63, 3.8) is 0 Å². The quantitative estimate of drug-likeness (QED) is 0.399. The average Bonchev–Trinajstić information content (AvgIpc) is 3.25. The van der Waals surface area contributed by atoms with Gasteiger partial charge in [0.2, 0.25) is 5.95 Å². The third-order valence-electron chi connectivity index (χ3n) is 6.27. The number of carbonyl (C=O) groups excluding carboxylic acids is 1. The van der Waals surface area contributed by atoms with Crippen LogP contribution in [0.15, 0.2) is 70.3 Å². The number of aryl methyl sites for hydroxylation is 1. The maximum Gasteiger partial charge on any atom is 0.333 e. The van der Waals surface area contributed by atoms with Crippen LogP contribution in [0.25, 0.3) is 11.2 Å². The minimum Gasteiger partial charge on any atom is -0.459 e. The molecule has 4 aromatic rings. The molecule has 35 heavy (non-hydrogen) atoms. The number of ether oxygens (including phenoxy) is 1. The van der Waals surface area contributed by atoms with E-state index in [2.05, 4.69) is 24.0 Å². The molecule has 1 atom stereocenters. The molecule has 0 aliphatic carbocycles. The molecule has 3 heterocycles. The zero-order chi connectivity index (χ0) is 24.5. The minimum atomic E-state index is -0.648. The molecule has 0 saturated heterocycles. The Bertz CT molecular complexity index is 1490. The molecule has 9 nitrogen and oxygen atoms in total. The van der Waals surface area contributed by atoms with Gasteiger partial charge in [0.15, 0.2) is 11.2 Å². The van der Waals surface area contributed by atoms with Crippen molar-refractivity contribution < 1.29 is 9.53 Å². The second kappa shape index (κ2) is 9.25. The Balaban J connectivity index is 1.50. The average molecular weight is 474 g/mol. The van der Waals surface area contributed by atoms with Crippen LogP contribution >= 0.6 is 0 Å². The lowest BCUT2D eigenvalue weighted by molar-refractivity contribution is -0.145. The van der Waals surface area contributed by atoms with Crippen molar-refractivity contribution >= 4 is 23.1 Å². The second-order valence-electron chi connectivity index (χ2n) is 9.05. The first-order chi connectivity index (χ1) is 16.9. The predicted molar refractivity (Wildman–Crippen MR) is 132 cm³/mol. The van der Waals surface area contributed by atoms with Gasteiger partial charge in [0.25, 0.3) is 5.56 Å². The molecule has 1 aliphatic heterocycles. The van der Waals surface area contributed by atoms with Gasteiger partial charge in [-0.15, -0.1) is 0 Å². The molecule has 0 unspecified atom stereocenters. The van der Waals surface area contributed by atoms with E-state index in [-0.39, 0.29) is 12.5 Å². The maximum absolute atomic E-state index is 13.5. The van der Waals surface area contributed by atoms with Crippen LogP contribution in [-0.4, -0.2) is 31.2 Å². The van der Waals surface area contributed by atoms with E-state index < -0.39 is 23.8 Å². The molecule has 0 fully saturated rings. The summed E-state index contributed by atoms with van der Waals surface area (Å²) >= 11 is 0. The molecule has 0 N–H and O–H groups in total. The molecule has 1 aliphatic rings. The summed E-state index contributed by atoms with van der Waals surface area (Å²) in [4.78, 5) is 45.8. The fraction of sp³-hybridized carbons (Fsp3) is 0.308. The number of esters is 1. The van der Waals surface area contributed by atoms with Gasteiger partial charge in [-0.25, -0.2) is 9.36 Å². The number of anilines is 1. The van der Waals surface area contributed by atoms with Crippen LogP contribution in [-0.2, 0) is 42.8 Å². The zero-order valence-corrected chi connectivity index (χ0v) is 19.8. The summed E-state index contributed by atoms with van der Waals surface area (Å²) in [5.41, 5.74) is 1.46. The summed E-state index contributed by atoms with van der Waals surface area (Å²) in [5.74, 6) is 0.271. The Hall–Kier alpha value is -4.14. The first kappa shape index (κ1) is 22.6. The first-order valence-corrected chi connectivity index (χ1v) is 11.6. The molecule has 180 valence electrons. The molecule has 0 radical (unpaired) electrons. The minimum absolute atomic E-state index is 0.0744. The standard InChI is InChI=1S/C26H27N5O4/c1-18-13-29(15-19-9-5-3-6-10-19)25-27-23-22(30(25)14-18)24(33)31(26(34)28(23)2)16-21(32)35-17-20-11-7-4-8-12-20/h3-12,18H,13-17H2,1-2H3/t18-/m0/s1. The second-order valence-corrected chi connectivity index (χ2v) is 9.05. The number of carbonyl (C=O) groups is 1. The molecule has 2 aromatic heterocycles. The van der Waals surface area contributed by atoms with E-state index in [0.717, 1.165) is 22.2 Å². The van der Waals surface area contributed by atoms with Crippen LogP contribution in [0.4, 0.5) is 5.95 Å². The Morgan fingerprint density at radius 3 is 2.34 bits per heavy atom. The van der Waals surface area contributed by atoms with Crippen molar-refractivity contribution in [1.29, 1.82) is 0 Å². The first-order valence-electron chi connectivity index (χ1n) is 11.6. The van der Waals surface area contributed by atoms with E-state index in [0.29, 0.717) is 30.2 Å². The van der Waals surface area contributed by atoms with Crippen LogP contribution in [0.5, 0.6) is 0 Å². The Morgan fingerprint density at radius 2 is 1.66 bits per heavy atom. The number of rotatable bonds is 6. The Labute approximate surface area is 201 Å². The Kier molecular flexibility index (Phi) is 5.98. The van der Waals surface area contributed by atoms with Crippen LogP contribution in [0.1, 0.15) is 18.1 Å². The van der Waals surface area contributed by atoms with Gasteiger partial charge in [0.1, 0.15) is 13.2 Å². The molecule has 0 saturated carbocycles. The molecule has 5 rings (SSSR count). The van der Waals surface area contributed by atoms with E-state index in [1.807, 2.05) is 53.1 Å². The smallest absolute Gasteiger partial charge is 0.333 e. The highest BCUT2D eigenvalue weighted by atomic mass is 16.5. The normalized spacial score (nSPS) is 15.3. The van der Waals surface area contributed by atoms with Gasteiger partial charge in [-0.3, -0.25) is 14.2 Å². The number of hydrogen-bond acceptors (Lipinski definition) is 6. The third kappa shape index (κ3) is 4.37. The number of nitrogens with zero attached hydrogens (tertiary/aromatic N) is 5. The van der Waals surface area contributed by atoms with Gasteiger partial charge in [0.05, 0.1) is 0 Å². The number of imidazole rings is 1. The topological polar surface area (TPSA) is 91.4 Å². The number of aromatic nitrogens is 4. The van der Waals surface area contributed by atoms with Crippen molar-refractivity contribution in [1.82, 2.24) is 18.7 Å². The van der Waals surface area contributed by atoms with Gasteiger partial charge in [-0.2, -0.15) is 4.98 Å². The summed E-state index contributed by atoms with van der Waals surface area (Å²) < 4.78 is 9.45.